The standard InChI is InChI=1S/C20H30N4O2/c1-22(14-16-6-3-2-4-7-16)20(26)23-12-9-17(10-13-23)19(25)24-11-5-8-18(21)15-24/h2-4,6-7,17-18H,5,8-15,21H2,1H3. The second-order valence-electron chi connectivity index (χ2n) is 7.57. The van der Waals surface area contributed by atoms with Crippen molar-refractivity contribution in [2.75, 3.05) is 33.2 Å². The maximum absolute atomic E-state index is 12.7. The van der Waals surface area contributed by atoms with Crippen LogP contribution in [0, 0.1) is 5.92 Å². The van der Waals surface area contributed by atoms with Gasteiger partial charge in [0, 0.05) is 51.7 Å². The van der Waals surface area contributed by atoms with Crippen LogP contribution in [0.25, 0.3) is 0 Å². The number of urea groups is 1. The van der Waals surface area contributed by atoms with E-state index >= 15 is 0 Å². The maximum Gasteiger partial charge on any atom is 0.320 e. The molecule has 1 unspecified atom stereocenters. The van der Waals surface area contributed by atoms with Gasteiger partial charge < -0.3 is 20.4 Å². The summed E-state index contributed by atoms with van der Waals surface area (Å²) in [5, 5.41) is 0. The third-order valence-corrected chi connectivity index (χ3v) is 5.47. The number of hydrogen-bond acceptors (Lipinski definition) is 3. The van der Waals surface area contributed by atoms with Crippen LogP contribution in [0.4, 0.5) is 4.79 Å². The van der Waals surface area contributed by atoms with Crippen molar-refractivity contribution in [1.82, 2.24) is 14.7 Å². The van der Waals surface area contributed by atoms with E-state index in [9.17, 15) is 9.59 Å². The zero-order valence-corrected chi connectivity index (χ0v) is 15.6. The molecule has 0 aliphatic carbocycles. The van der Waals surface area contributed by atoms with E-state index < -0.39 is 0 Å². The number of likely N-dealkylation sites (tertiary alicyclic amines) is 2. The van der Waals surface area contributed by atoms with Crippen LogP contribution in [-0.2, 0) is 11.3 Å². The number of nitrogens with zero attached hydrogens (tertiary/aromatic N) is 3. The molecule has 142 valence electrons. The van der Waals surface area contributed by atoms with Gasteiger partial charge in [-0.25, -0.2) is 4.79 Å². The van der Waals surface area contributed by atoms with Crippen LogP contribution in [0.15, 0.2) is 30.3 Å². The van der Waals surface area contributed by atoms with Gasteiger partial charge in [-0.15, -0.1) is 0 Å². The molecular formula is C20H30N4O2. The first-order valence-electron chi connectivity index (χ1n) is 9.63. The molecule has 2 heterocycles. The number of carbonyl (C=O) groups excluding carboxylic acids is 2. The third-order valence-electron chi connectivity index (χ3n) is 5.47. The van der Waals surface area contributed by atoms with Gasteiger partial charge in [-0.3, -0.25) is 4.79 Å². The number of amides is 3. The van der Waals surface area contributed by atoms with Gasteiger partial charge in [0.2, 0.25) is 5.91 Å². The molecule has 2 saturated heterocycles. The summed E-state index contributed by atoms with van der Waals surface area (Å²) in [6.45, 7) is 3.40. The molecule has 0 radical (unpaired) electrons. The van der Waals surface area contributed by atoms with Crippen molar-refractivity contribution < 1.29 is 9.59 Å². The molecule has 6 heteroatoms. The van der Waals surface area contributed by atoms with E-state index in [-0.39, 0.29) is 23.9 Å². The van der Waals surface area contributed by atoms with Gasteiger partial charge >= 0.3 is 6.03 Å². The Hall–Kier alpha value is -2.08. The number of benzene rings is 1. The molecule has 0 saturated carbocycles. The highest BCUT2D eigenvalue weighted by atomic mass is 16.2. The first-order valence-corrected chi connectivity index (χ1v) is 9.63. The highest BCUT2D eigenvalue weighted by Gasteiger charge is 2.32. The summed E-state index contributed by atoms with van der Waals surface area (Å²) in [6.07, 6.45) is 3.49. The summed E-state index contributed by atoms with van der Waals surface area (Å²) in [7, 11) is 1.84. The van der Waals surface area contributed by atoms with Crippen LogP contribution in [0.5, 0.6) is 0 Å². The molecule has 1 aromatic carbocycles. The van der Waals surface area contributed by atoms with E-state index in [2.05, 4.69) is 0 Å². The fourth-order valence-corrected chi connectivity index (χ4v) is 3.95. The van der Waals surface area contributed by atoms with Gasteiger partial charge in [0.1, 0.15) is 0 Å². The Balaban J connectivity index is 1.48. The smallest absolute Gasteiger partial charge is 0.320 e. The maximum atomic E-state index is 12.7. The minimum atomic E-state index is 0.0313. The summed E-state index contributed by atoms with van der Waals surface area (Å²) < 4.78 is 0. The van der Waals surface area contributed by atoms with Crippen molar-refractivity contribution in [2.24, 2.45) is 11.7 Å². The van der Waals surface area contributed by atoms with E-state index in [4.69, 9.17) is 5.73 Å². The number of carbonyl (C=O) groups is 2. The molecule has 2 fully saturated rings. The zero-order chi connectivity index (χ0) is 18.5. The Morgan fingerprint density at radius 3 is 2.42 bits per heavy atom. The second kappa shape index (κ2) is 8.54. The quantitative estimate of drug-likeness (QED) is 0.897. The Morgan fingerprint density at radius 2 is 1.77 bits per heavy atom. The Kier molecular flexibility index (Phi) is 6.14. The SMILES string of the molecule is CN(Cc1ccccc1)C(=O)N1CCC(C(=O)N2CCCC(N)C2)CC1. The Morgan fingerprint density at radius 1 is 1.08 bits per heavy atom. The summed E-state index contributed by atoms with van der Waals surface area (Å²) in [6, 6.07) is 10.1. The molecule has 1 aromatic rings. The average molecular weight is 358 g/mol. The van der Waals surface area contributed by atoms with E-state index in [1.807, 2.05) is 47.2 Å². The molecule has 0 spiro atoms. The number of rotatable bonds is 3. The van der Waals surface area contributed by atoms with Gasteiger partial charge in [-0.1, -0.05) is 30.3 Å². The van der Waals surface area contributed by atoms with E-state index in [0.29, 0.717) is 26.2 Å². The number of nitrogens with two attached hydrogens (primary N) is 1. The van der Waals surface area contributed by atoms with E-state index in [0.717, 1.165) is 37.8 Å². The lowest BCUT2D eigenvalue weighted by molar-refractivity contribution is -0.138. The normalized spacial score (nSPS) is 21.5. The van der Waals surface area contributed by atoms with Gasteiger partial charge in [0.15, 0.2) is 0 Å². The molecule has 3 amide bonds. The highest BCUT2D eigenvalue weighted by molar-refractivity contribution is 5.80. The van der Waals surface area contributed by atoms with Crippen molar-refractivity contribution >= 4 is 11.9 Å². The van der Waals surface area contributed by atoms with Crippen LogP contribution in [0.1, 0.15) is 31.2 Å². The monoisotopic (exact) mass is 358 g/mol. The second-order valence-corrected chi connectivity index (χ2v) is 7.57. The number of hydrogen-bond donors (Lipinski definition) is 1. The predicted octanol–water partition coefficient (Wildman–Crippen LogP) is 1.90. The van der Waals surface area contributed by atoms with Crippen molar-refractivity contribution in [3.8, 4) is 0 Å². The molecular weight excluding hydrogens is 328 g/mol. The fourth-order valence-electron chi connectivity index (χ4n) is 3.95. The molecule has 0 aromatic heterocycles. The van der Waals surface area contributed by atoms with E-state index in [1.165, 1.54) is 0 Å². The Bertz CT molecular complexity index is 613. The summed E-state index contributed by atoms with van der Waals surface area (Å²) in [4.78, 5) is 30.9. The summed E-state index contributed by atoms with van der Waals surface area (Å²) >= 11 is 0. The van der Waals surface area contributed by atoms with Crippen molar-refractivity contribution in [3.05, 3.63) is 35.9 Å². The summed E-state index contributed by atoms with van der Waals surface area (Å²) in [5.74, 6) is 0.258. The van der Waals surface area contributed by atoms with Crippen LogP contribution in [0.2, 0.25) is 0 Å². The fraction of sp³-hybridized carbons (Fsp3) is 0.600. The molecule has 2 aliphatic heterocycles. The lowest BCUT2D eigenvalue weighted by Gasteiger charge is -2.38. The lowest BCUT2D eigenvalue weighted by Crippen LogP contribution is -2.51. The van der Waals surface area contributed by atoms with Gasteiger partial charge in [0.25, 0.3) is 0 Å². The molecule has 6 nitrogen and oxygen atoms in total. The van der Waals surface area contributed by atoms with Crippen molar-refractivity contribution in [2.45, 2.75) is 38.3 Å². The molecule has 0 bridgehead atoms. The van der Waals surface area contributed by atoms with Gasteiger partial charge in [-0.05, 0) is 31.2 Å². The summed E-state index contributed by atoms with van der Waals surface area (Å²) in [5.41, 5.74) is 7.12. The Labute approximate surface area is 155 Å². The first kappa shape index (κ1) is 18.7. The minimum absolute atomic E-state index is 0.0313. The van der Waals surface area contributed by atoms with Crippen molar-refractivity contribution in [1.29, 1.82) is 0 Å². The van der Waals surface area contributed by atoms with Crippen LogP contribution in [-0.4, -0.2) is 65.9 Å². The molecule has 26 heavy (non-hydrogen) atoms. The predicted molar refractivity (Wildman–Crippen MR) is 101 cm³/mol. The molecule has 2 N–H and O–H groups in total. The first-order chi connectivity index (χ1) is 12.5. The van der Waals surface area contributed by atoms with Gasteiger partial charge in [0.05, 0.1) is 0 Å². The highest BCUT2D eigenvalue weighted by Crippen LogP contribution is 2.22. The van der Waals surface area contributed by atoms with Crippen LogP contribution >= 0.6 is 0 Å². The zero-order valence-electron chi connectivity index (χ0n) is 15.6. The minimum Gasteiger partial charge on any atom is -0.341 e. The molecule has 1 atom stereocenters. The topological polar surface area (TPSA) is 69.9 Å². The average Bonchev–Trinajstić information content (AvgIpc) is 2.67. The van der Waals surface area contributed by atoms with Crippen LogP contribution < -0.4 is 5.73 Å². The third kappa shape index (κ3) is 4.55. The van der Waals surface area contributed by atoms with Crippen molar-refractivity contribution in [3.63, 3.8) is 0 Å². The van der Waals surface area contributed by atoms with Crippen LogP contribution in [0.3, 0.4) is 0 Å². The van der Waals surface area contributed by atoms with E-state index in [1.54, 1.807) is 4.90 Å². The molecule has 2 aliphatic rings. The molecule has 3 rings (SSSR count). The number of piperidine rings is 2. The largest absolute Gasteiger partial charge is 0.341 e. The lowest BCUT2D eigenvalue weighted by atomic mass is 9.94. The van der Waals surface area contributed by atoms with Gasteiger partial charge in [-0.2, -0.15) is 0 Å².